The molecule has 0 aromatic heterocycles. The molecule has 7 heteroatoms. The van der Waals surface area contributed by atoms with Crippen molar-refractivity contribution < 1.29 is 8.42 Å². The van der Waals surface area contributed by atoms with E-state index in [2.05, 4.69) is 15.9 Å². The van der Waals surface area contributed by atoms with Crippen LogP contribution in [-0.2, 0) is 9.84 Å². The van der Waals surface area contributed by atoms with Crippen molar-refractivity contribution in [1.82, 2.24) is 9.80 Å². The van der Waals surface area contributed by atoms with Gasteiger partial charge in [0.1, 0.15) is 0 Å². The van der Waals surface area contributed by atoms with E-state index >= 15 is 0 Å². The Hall–Kier alpha value is -2.05. The average Bonchev–Trinajstić information content (AvgIpc) is 3.35. The molecular weight excluding hydrogens is 499 g/mol. The van der Waals surface area contributed by atoms with E-state index in [0.29, 0.717) is 16.5 Å². The number of rotatable bonds is 7. The Morgan fingerprint density at radius 1 is 0.914 bits per heavy atom. The highest BCUT2D eigenvalue weighted by Gasteiger charge is 2.36. The lowest BCUT2D eigenvalue weighted by Gasteiger charge is -2.44. The molecule has 4 nitrogen and oxygen atoms in total. The molecule has 2 aromatic carbocycles. The standard InChI is InChI=1S/C28H30Cl2N2O2S/c29-25-10-6-23(7-11-25)28(24-8-12-26(30)13-9-24)32-17-22(18-32)20-35(33,34)19-21-4-3-5-27(16-21)31-14-1-2-15-31/h3-13,19,22,28H,1-2,14-18,20H2. The van der Waals surface area contributed by atoms with Crippen LogP contribution in [0.25, 0.3) is 0 Å². The molecule has 0 atom stereocenters. The van der Waals surface area contributed by atoms with Gasteiger partial charge in [0.05, 0.1) is 11.8 Å². The molecule has 0 saturated carbocycles. The van der Waals surface area contributed by atoms with Gasteiger partial charge in [-0.3, -0.25) is 4.90 Å². The van der Waals surface area contributed by atoms with Crippen molar-refractivity contribution in [2.45, 2.75) is 25.3 Å². The van der Waals surface area contributed by atoms with Crippen molar-refractivity contribution >= 4 is 33.0 Å². The fraction of sp³-hybridized carbons (Fsp3) is 0.357. The Balaban J connectivity index is 1.25. The summed E-state index contributed by atoms with van der Waals surface area (Å²) in [5.74, 6) is 0.289. The number of likely N-dealkylation sites (tertiary alicyclic amines) is 2. The second kappa shape index (κ2) is 10.5. The molecule has 2 heterocycles. The Bertz CT molecular complexity index is 1190. The van der Waals surface area contributed by atoms with Crippen molar-refractivity contribution in [1.29, 1.82) is 0 Å². The van der Waals surface area contributed by atoms with Gasteiger partial charge in [-0.2, -0.15) is 0 Å². The zero-order valence-corrected chi connectivity index (χ0v) is 21.9. The van der Waals surface area contributed by atoms with Gasteiger partial charge in [0, 0.05) is 53.8 Å². The van der Waals surface area contributed by atoms with E-state index in [1.807, 2.05) is 60.7 Å². The van der Waals surface area contributed by atoms with Crippen molar-refractivity contribution in [2.24, 2.45) is 5.92 Å². The van der Waals surface area contributed by atoms with Gasteiger partial charge < -0.3 is 4.90 Å². The number of allylic oxidation sites excluding steroid dienone is 4. The SMILES string of the molecule is O=S(=O)(C=C1C=CC=C(N2CCCC2)C1)CC1CN(C(c2ccc(Cl)cc2)c2ccc(Cl)cc2)C1. The molecule has 35 heavy (non-hydrogen) atoms. The van der Waals surface area contributed by atoms with Crippen LogP contribution in [0, 0.1) is 5.92 Å². The minimum absolute atomic E-state index is 0.0382. The Morgan fingerprint density at radius 2 is 1.49 bits per heavy atom. The van der Waals surface area contributed by atoms with Crippen LogP contribution in [0.1, 0.15) is 36.4 Å². The molecule has 5 rings (SSSR count). The lowest BCUT2D eigenvalue weighted by Crippen LogP contribution is -2.51. The number of benzene rings is 2. The van der Waals surface area contributed by atoms with Crippen LogP contribution in [0.2, 0.25) is 10.0 Å². The van der Waals surface area contributed by atoms with Crippen LogP contribution in [0.4, 0.5) is 0 Å². The smallest absolute Gasteiger partial charge is 0.172 e. The Kier molecular flexibility index (Phi) is 7.40. The minimum Gasteiger partial charge on any atom is -0.375 e. The number of sulfone groups is 1. The highest BCUT2D eigenvalue weighted by molar-refractivity contribution is 7.94. The largest absolute Gasteiger partial charge is 0.375 e. The lowest BCUT2D eigenvalue weighted by molar-refractivity contribution is 0.0813. The van der Waals surface area contributed by atoms with E-state index in [4.69, 9.17) is 23.2 Å². The van der Waals surface area contributed by atoms with Gasteiger partial charge in [0.25, 0.3) is 0 Å². The predicted octanol–water partition coefficient (Wildman–Crippen LogP) is 6.25. The molecule has 0 spiro atoms. The fourth-order valence-electron chi connectivity index (χ4n) is 5.35. The summed E-state index contributed by atoms with van der Waals surface area (Å²) in [5.41, 5.74) is 4.38. The van der Waals surface area contributed by atoms with Crippen LogP contribution < -0.4 is 0 Å². The van der Waals surface area contributed by atoms with Gasteiger partial charge in [-0.05, 0) is 65.8 Å². The summed E-state index contributed by atoms with van der Waals surface area (Å²) < 4.78 is 26.1. The lowest BCUT2D eigenvalue weighted by atomic mass is 9.91. The molecule has 2 saturated heterocycles. The predicted molar refractivity (Wildman–Crippen MR) is 144 cm³/mol. The molecular formula is C28H30Cl2N2O2S. The maximum absolute atomic E-state index is 13.0. The zero-order chi connectivity index (χ0) is 24.4. The molecule has 2 aromatic rings. The molecule has 0 bridgehead atoms. The molecule has 3 aliphatic rings. The topological polar surface area (TPSA) is 40.6 Å². The number of hydrogen-bond donors (Lipinski definition) is 0. The van der Waals surface area contributed by atoms with Gasteiger partial charge in [-0.25, -0.2) is 8.42 Å². The molecule has 1 aliphatic carbocycles. The molecule has 0 amide bonds. The van der Waals surface area contributed by atoms with Gasteiger partial charge in [0.15, 0.2) is 9.84 Å². The summed E-state index contributed by atoms with van der Waals surface area (Å²) in [6.45, 7) is 3.60. The molecule has 2 fully saturated rings. The first-order valence-electron chi connectivity index (χ1n) is 12.2. The third-order valence-electron chi connectivity index (χ3n) is 7.02. The monoisotopic (exact) mass is 528 g/mol. The second-order valence-corrected chi connectivity index (χ2v) is 12.5. The van der Waals surface area contributed by atoms with Gasteiger partial charge in [-0.15, -0.1) is 0 Å². The first-order valence-corrected chi connectivity index (χ1v) is 14.6. The van der Waals surface area contributed by atoms with Crippen molar-refractivity contribution in [3.63, 3.8) is 0 Å². The van der Waals surface area contributed by atoms with Crippen molar-refractivity contribution in [3.8, 4) is 0 Å². The van der Waals surface area contributed by atoms with Crippen molar-refractivity contribution in [3.05, 3.63) is 105 Å². The zero-order valence-electron chi connectivity index (χ0n) is 19.6. The maximum atomic E-state index is 13.0. The van der Waals surface area contributed by atoms with Gasteiger partial charge in [-0.1, -0.05) is 59.6 Å². The first-order chi connectivity index (χ1) is 16.9. The highest BCUT2D eigenvalue weighted by Crippen LogP contribution is 2.36. The summed E-state index contributed by atoms with van der Waals surface area (Å²) in [5, 5.41) is 2.90. The average molecular weight is 530 g/mol. The van der Waals surface area contributed by atoms with Crippen LogP contribution in [0.5, 0.6) is 0 Å². The summed E-state index contributed by atoms with van der Waals surface area (Å²) in [6.07, 6.45) is 9.15. The third-order valence-corrected chi connectivity index (χ3v) is 9.12. The van der Waals surface area contributed by atoms with E-state index < -0.39 is 9.84 Å². The second-order valence-electron chi connectivity index (χ2n) is 9.74. The molecule has 2 aliphatic heterocycles. The van der Waals surface area contributed by atoms with Gasteiger partial charge in [0.2, 0.25) is 0 Å². The Labute approximate surface area is 218 Å². The van der Waals surface area contributed by atoms with E-state index in [0.717, 1.165) is 42.9 Å². The summed E-state index contributed by atoms with van der Waals surface area (Å²) in [6, 6.07) is 15.8. The van der Waals surface area contributed by atoms with E-state index in [9.17, 15) is 8.42 Å². The maximum Gasteiger partial charge on any atom is 0.172 e. The number of nitrogens with zero attached hydrogens (tertiary/aromatic N) is 2. The van der Waals surface area contributed by atoms with E-state index in [1.54, 1.807) is 0 Å². The molecule has 0 unspecified atom stereocenters. The molecule has 184 valence electrons. The normalized spacial score (nSPS) is 20.5. The van der Waals surface area contributed by atoms with Crippen LogP contribution >= 0.6 is 23.2 Å². The quantitative estimate of drug-likeness (QED) is 0.425. The third kappa shape index (κ3) is 6.03. The Morgan fingerprint density at radius 3 is 2.06 bits per heavy atom. The minimum atomic E-state index is -3.30. The highest BCUT2D eigenvalue weighted by atomic mass is 35.5. The van der Waals surface area contributed by atoms with Gasteiger partial charge >= 0.3 is 0 Å². The number of hydrogen-bond acceptors (Lipinski definition) is 4. The van der Waals surface area contributed by atoms with Crippen molar-refractivity contribution in [2.75, 3.05) is 31.9 Å². The number of halogens is 2. The summed E-state index contributed by atoms with van der Waals surface area (Å²) in [7, 11) is -3.30. The molecule has 0 N–H and O–H groups in total. The van der Waals surface area contributed by atoms with Crippen LogP contribution in [0.3, 0.4) is 0 Å². The summed E-state index contributed by atoms with van der Waals surface area (Å²) in [4.78, 5) is 4.70. The van der Waals surface area contributed by atoms with Crippen LogP contribution in [-0.4, -0.2) is 50.1 Å². The van der Waals surface area contributed by atoms with E-state index in [-0.39, 0.29) is 17.7 Å². The van der Waals surface area contributed by atoms with Crippen LogP contribution in [0.15, 0.2) is 83.4 Å². The fourth-order valence-corrected chi connectivity index (χ4v) is 7.19. The molecule has 0 radical (unpaired) electrons. The van der Waals surface area contributed by atoms with E-state index in [1.165, 1.54) is 23.9 Å². The summed E-state index contributed by atoms with van der Waals surface area (Å²) >= 11 is 12.2. The first kappa shape index (κ1) is 24.6.